The topological polar surface area (TPSA) is 54.6 Å². The molecule has 0 atom stereocenters. The minimum absolute atomic E-state index is 0.222. The normalized spacial score (nSPS) is 17.1. The Bertz CT molecular complexity index is 582. The highest BCUT2D eigenvalue weighted by Gasteiger charge is 2.17. The number of hydrogen-bond acceptors (Lipinski definition) is 2. The van der Waals surface area contributed by atoms with Crippen molar-refractivity contribution in [3.63, 3.8) is 0 Å². The lowest BCUT2D eigenvalue weighted by atomic mass is 9.84. The van der Waals surface area contributed by atoms with E-state index in [0.717, 1.165) is 5.65 Å². The molecule has 4 heteroatoms. The lowest BCUT2D eigenvalue weighted by molar-refractivity contribution is 0.0689. The fourth-order valence-electron chi connectivity index (χ4n) is 2.84. The molecule has 1 fully saturated rings. The van der Waals surface area contributed by atoms with Gasteiger partial charge in [0.25, 0.3) is 0 Å². The van der Waals surface area contributed by atoms with Crippen LogP contribution < -0.4 is 0 Å². The van der Waals surface area contributed by atoms with E-state index >= 15 is 0 Å². The fraction of sp³-hybridized carbons (Fsp3) is 0.429. The number of nitrogens with zero attached hydrogens (tertiary/aromatic N) is 2. The summed E-state index contributed by atoms with van der Waals surface area (Å²) >= 11 is 0. The first-order valence-electron chi connectivity index (χ1n) is 6.46. The molecule has 1 N–H and O–H groups in total. The molecule has 0 radical (unpaired) electrons. The van der Waals surface area contributed by atoms with Gasteiger partial charge in [-0.15, -0.1) is 0 Å². The van der Waals surface area contributed by atoms with Crippen LogP contribution in [-0.4, -0.2) is 20.5 Å². The number of imidazole rings is 1. The maximum atomic E-state index is 11.0. The molecule has 18 heavy (non-hydrogen) atoms. The van der Waals surface area contributed by atoms with Crippen LogP contribution in [0.5, 0.6) is 0 Å². The van der Waals surface area contributed by atoms with Crippen molar-refractivity contribution in [1.29, 1.82) is 0 Å². The van der Waals surface area contributed by atoms with Crippen molar-refractivity contribution in [2.24, 2.45) is 0 Å². The van der Waals surface area contributed by atoms with Gasteiger partial charge in [0.05, 0.1) is 6.20 Å². The molecule has 0 saturated heterocycles. The zero-order valence-electron chi connectivity index (χ0n) is 10.2. The Labute approximate surface area is 105 Å². The summed E-state index contributed by atoms with van der Waals surface area (Å²) in [5.74, 6) is -0.318. The monoisotopic (exact) mass is 244 g/mol. The van der Waals surface area contributed by atoms with Gasteiger partial charge in [0.15, 0.2) is 5.69 Å². The van der Waals surface area contributed by atoms with Crippen molar-refractivity contribution in [1.82, 2.24) is 9.38 Å². The average molecular weight is 244 g/mol. The second-order valence-electron chi connectivity index (χ2n) is 4.97. The Balaban J connectivity index is 1.98. The molecule has 1 aliphatic carbocycles. The van der Waals surface area contributed by atoms with Crippen LogP contribution in [0.15, 0.2) is 24.5 Å². The molecule has 2 heterocycles. The molecule has 4 nitrogen and oxygen atoms in total. The molecule has 0 aliphatic heterocycles. The molecular weight excluding hydrogens is 228 g/mol. The average Bonchev–Trinajstić information content (AvgIpc) is 2.82. The number of carbonyl (C=O) groups is 1. The van der Waals surface area contributed by atoms with Crippen LogP contribution >= 0.6 is 0 Å². The van der Waals surface area contributed by atoms with Gasteiger partial charge in [0, 0.05) is 6.20 Å². The Morgan fingerprint density at radius 3 is 2.83 bits per heavy atom. The summed E-state index contributed by atoms with van der Waals surface area (Å²) in [5.41, 5.74) is 2.25. The molecular formula is C14H16N2O2. The predicted octanol–water partition coefficient (Wildman–Crippen LogP) is 3.08. The van der Waals surface area contributed by atoms with Gasteiger partial charge in [-0.2, -0.15) is 0 Å². The smallest absolute Gasteiger partial charge is 0.354 e. The zero-order valence-corrected chi connectivity index (χ0v) is 10.2. The minimum atomic E-state index is -0.937. The van der Waals surface area contributed by atoms with E-state index < -0.39 is 5.97 Å². The van der Waals surface area contributed by atoms with Gasteiger partial charge in [0.1, 0.15) is 5.65 Å². The molecule has 0 unspecified atom stereocenters. The van der Waals surface area contributed by atoms with E-state index in [4.69, 9.17) is 5.11 Å². The van der Waals surface area contributed by atoms with Gasteiger partial charge in [-0.1, -0.05) is 19.3 Å². The summed E-state index contributed by atoms with van der Waals surface area (Å²) in [6.45, 7) is 0. The summed E-state index contributed by atoms with van der Waals surface area (Å²) in [4.78, 5) is 15.2. The number of aromatic carboxylic acids is 1. The van der Waals surface area contributed by atoms with Gasteiger partial charge >= 0.3 is 5.97 Å². The Morgan fingerprint density at radius 2 is 2.11 bits per heavy atom. The van der Waals surface area contributed by atoms with Crippen molar-refractivity contribution < 1.29 is 9.90 Å². The highest BCUT2D eigenvalue weighted by Crippen LogP contribution is 2.32. The number of hydrogen-bond donors (Lipinski definition) is 1. The fourth-order valence-corrected chi connectivity index (χ4v) is 2.84. The number of pyridine rings is 1. The van der Waals surface area contributed by atoms with Crippen LogP contribution in [0.2, 0.25) is 0 Å². The number of fused-ring (bicyclic) bond motifs is 1. The van der Waals surface area contributed by atoms with Crippen molar-refractivity contribution in [3.05, 3.63) is 35.8 Å². The van der Waals surface area contributed by atoms with E-state index in [2.05, 4.69) is 4.98 Å². The first-order valence-corrected chi connectivity index (χ1v) is 6.46. The number of carboxylic acid groups (broad SMARTS) is 1. The zero-order chi connectivity index (χ0) is 12.5. The van der Waals surface area contributed by atoms with E-state index in [-0.39, 0.29) is 5.69 Å². The second kappa shape index (κ2) is 4.44. The van der Waals surface area contributed by atoms with E-state index in [1.807, 2.05) is 18.3 Å². The van der Waals surface area contributed by atoms with E-state index in [0.29, 0.717) is 5.92 Å². The maximum absolute atomic E-state index is 11.0. The maximum Gasteiger partial charge on any atom is 0.354 e. The summed E-state index contributed by atoms with van der Waals surface area (Å²) in [7, 11) is 0. The minimum Gasteiger partial charge on any atom is -0.477 e. The van der Waals surface area contributed by atoms with Gasteiger partial charge in [-0.25, -0.2) is 9.78 Å². The van der Waals surface area contributed by atoms with Crippen molar-refractivity contribution >= 4 is 11.6 Å². The summed E-state index contributed by atoms with van der Waals surface area (Å²) in [6, 6.07) is 4.07. The van der Waals surface area contributed by atoms with Gasteiger partial charge < -0.3 is 5.11 Å². The third-order valence-electron chi connectivity index (χ3n) is 3.83. The summed E-state index contributed by atoms with van der Waals surface area (Å²) in [6.07, 6.45) is 9.66. The number of aromatic nitrogens is 2. The molecule has 2 aromatic rings. The molecule has 2 aromatic heterocycles. The van der Waals surface area contributed by atoms with E-state index in [1.54, 1.807) is 4.40 Å². The SMILES string of the molecule is O=C(O)c1cnc2cc(C3CCCCC3)ccn12. The molecule has 1 aliphatic rings. The van der Waals surface area contributed by atoms with Gasteiger partial charge in [-0.3, -0.25) is 4.40 Å². The Morgan fingerprint density at radius 1 is 1.33 bits per heavy atom. The van der Waals surface area contributed by atoms with Crippen LogP contribution in [0, 0.1) is 0 Å². The molecule has 1 saturated carbocycles. The molecule has 0 bridgehead atoms. The third kappa shape index (κ3) is 1.88. The van der Waals surface area contributed by atoms with Crippen molar-refractivity contribution in [2.45, 2.75) is 38.0 Å². The Hall–Kier alpha value is -1.84. The van der Waals surface area contributed by atoms with Gasteiger partial charge in [-0.05, 0) is 36.5 Å². The molecule has 0 aromatic carbocycles. The van der Waals surface area contributed by atoms with E-state index in [1.165, 1.54) is 43.9 Å². The van der Waals surface area contributed by atoms with E-state index in [9.17, 15) is 4.79 Å². The first-order chi connectivity index (χ1) is 8.75. The predicted molar refractivity (Wildman–Crippen MR) is 68.0 cm³/mol. The van der Waals surface area contributed by atoms with Crippen LogP contribution in [0.25, 0.3) is 5.65 Å². The quantitative estimate of drug-likeness (QED) is 0.883. The Kier molecular flexibility index (Phi) is 2.78. The molecule has 94 valence electrons. The standard InChI is InChI=1S/C14H16N2O2/c17-14(18)12-9-15-13-8-11(6-7-16(12)13)10-4-2-1-3-5-10/h6-10H,1-5H2,(H,17,18). The van der Waals surface area contributed by atoms with Crippen LogP contribution in [0.4, 0.5) is 0 Å². The van der Waals surface area contributed by atoms with Crippen molar-refractivity contribution in [2.75, 3.05) is 0 Å². The summed E-state index contributed by atoms with van der Waals surface area (Å²) < 4.78 is 1.63. The van der Waals surface area contributed by atoms with Crippen LogP contribution in [0.3, 0.4) is 0 Å². The van der Waals surface area contributed by atoms with Crippen LogP contribution in [0.1, 0.15) is 54.1 Å². The number of rotatable bonds is 2. The largest absolute Gasteiger partial charge is 0.477 e. The van der Waals surface area contributed by atoms with Crippen molar-refractivity contribution in [3.8, 4) is 0 Å². The highest BCUT2D eigenvalue weighted by molar-refractivity contribution is 5.86. The number of carboxylic acids is 1. The third-order valence-corrected chi connectivity index (χ3v) is 3.83. The molecule has 3 rings (SSSR count). The molecule has 0 spiro atoms. The summed E-state index contributed by atoms with van der Waals surface area (Å²) in [5, 5.41) is 9.03. The lowest BCUT2D eigenvalue weighted by Crippen LogP contribution is -2.06. The molecule has 0 amide bonds. The van der Waals surface area contributed by atoms with Gasteiger partial charge in [0.2, 0.25) is 0 Å². The lowest BCUT2D eigenvalue weighted by Gasteiger charge is -2.21. The van der Waals surface area contributed by atoms with Crippen LogP contribution in [-0.2, 0) is 0 Å². The first kappa shape index (κ1) is 11.3. The second-order valence-corrected chi connectivity index (χ2v) is 4.97. The highest BCUT2D eigenvalue weighted by atomic mass is 16.4.